The fourth-order valence-electron chi connectivity index (χ4n) is 3.29. The molecule has 1 aromatic heterocycles. The van der Waals surface area contributed by atoms with Gasteiger partial charge in [0.05, 0.1) is 5.69 Å². The summed E-state index contributed by atoms with van der Waals surface area (Å²) in [7, 11) is 4.43. The molecule has 0 fully saturated rings. The van der Waals surface area contributed by atoms with Crippen molar-refractivity contribution in [3.05, 3.63) is 53.3 Å². The minimum atomic E-state index is 0.577. The molecular formula is C18H26N4. The fourth-order valence-corrected chi connectivity index (χ4v) is 3.29. The summed E-state index contributed by atoms with van der Waals surface area (Å²) in [5.41, 5.74) is 4.14. The standard InChI is InChI=1S/C18H26N4/c1-4-22-10-9-17(19-22)13-20(2)14-18-11-15-7-5-6-8-16(15)12-21(18)3/h5-10,18H,4,11-14H2,1-3H3/t18-/m1/s1. The van der Waals surface area contributed by atoms with E-state index in [0.29, 0.717) is 6.04 Å². The van der Waals surface area contributed by atoms with Crippen LogP contribution in [0.4, 0.5) is 0 Å². The molecule has 0 bridgehead atoms. The molecule has 0 saturated carbocycles. The molecule has 4 heteroatoms. The number of hydrogen-bond acceptors (Lipinski definition) is 3. The lowest BCUT2D eigenvalue weighted by Gasteiger charge is -2.36. The van der Waals surface area contributed by atoms with Gasteiger partial charge in [-0.2, -0.15) is 5.10 Å². The van der Waals surface area contributed by atoms with Crippen LogP contribution in [0.1, 0.15) is 23.7 Å². The van der Waals surface area contributed by atoms with E-state index < -0.39 is 0 Å². The first-order chi connectivity index (χ1) is 10.7. The van der Waals surface area contributed by atoms with Gasteiger partial charge in [-0.15, -0.1) is 0 Å². The molecule has 1 atom stereocenters. The second kappa shape index (κ2) is 6.63. The Hall–Kier alpha value is -1.65. The highest BCUT2D eigenvalue weighted by molar-refractivity contribution is 5.30. The Bertz CT molecular complexity index is 619. The zero-order valence-electron chi connectivity index (χ0n) is 13.9. The maximum atomic E-state index is 4.58. The largest absolute Gasteiger partial charge is 0.299 e. The molecule has 118 valence electrons. The lowest BCUT2D eigenvalue weighted by Crippen LogP contribution is -2.44. The summed E-state index contributed by atoms with van der Waals surface area (Å²) in [5.74, 6) is 0. The van der Waals surface area contributed by atoms with Crippen LogP contribution in [0.3, 0.4) is 0 Å². The molecule has 3 rings (SSSR count). The molecule has 0 saturated heterocycles. The molecule has 0 amide bonds. The minimum Gasteiger partial charge on any atom is -0.299 e. The van der Waals surface area contributed by atoms with E-state index >= 15 is 0 Å². The molecule has 2 aromatic rings. The van der Waals surface area contributed by atoms with Crippen LogP contribution in [0.5, 0.6) is 0 Å². The zero-order chi connectivity index (χ0) is 15.5. The number of hydrogen-bond donors (Lipinski definition) is 0. The smallest absolute Gasteiger partial charge is 0.0764 e. The molecule has 1 aromatic carbocycles. The molecule has 0 radical (unpaired) electrons. The van der Waals surface area contributed by atoms with Gasteiger partial charge < -0.3 is 0 Å². The van der Waals surface area contributed by atoms with Crippen LogP contribution in [0.15, 0.2) is 36.5 Å². The summed E-state index contributed by atoms with van der Waals surface area (Å²) >= 11 is 0. The lowest BCUT2D eigenvalue weighted by molar-refractivity contribution is 0.157. The lowest BCUT2D eigenvalue weighted by atomic mass is 9.94. The second-order valence-corrected chi connectivity index (χ2v) is 6.40. The summed E-state index contributed by atoms with van der Waals surface area (Å²) in [6.07, 6.45) is 3.20. The number of rotatable bonds is 5. The van der Waals surface area contributed by atoms with Crippen molar-refractivity contribution in [2.75, 3.05) is 20.6 Å². The Morgan fingerprint density at radius 3 is 2.73 bits per heavy atom. The van der Waals surface area contributed by atoms with E-state index in [-0.39, 0.29) is 0 Å². The zero-order valence-corrected chi connectivity index (χ0v) is 13.9. The van der Waals surface area contributed by atoms with Crippen LogP contribution < -0.4 is 0 Å². The van der Waals surface area contributed by atoms with Crippen LogP contribution in [0.2, 0.25) is 0 Å². The van der Waals surface area contributed by atoms with Crippen LogP contribution in [0.25, 0.3) is 0 Å². The van der Waals surface area contributed by atoms with Crippen LogP contribution >= 0.6 is 0 Å². The van der Waals surface area contributed by atoms with Crippen molar-refractivity contribution in [3.8, 4) is 0 Å². The average Bonchev–Trinajstić information content (AvgIpc) is 2.95. The third-order valence-electron chi connectivity index (χ3n) is 4.59. The van der Waals surface area contributed by atoms with E-state index in [4.69, 9.17) is 0 Å². The molecule has 2 heterocycles. The summed E-state index contributed by atoms with van der Waals surface area (Å²) in [4.78, 5) is 4.86. The SMILES string of the molecule is CCn1ccc(CN(C)C[C@H]2Cc3ccccc3CN2C)n1. The third kappa shape index (κ3) is 3.39. The maximum absolute atomic E-state index is 4.58. The van der Waals surface area contributed by atoms with Gasteiger partial charge in [0.2, 0.25) is 0 Å². The summed E-state index contributed by atoms with van der Waals surface area (Å²) in [6.45, 7) is 6.10. The Balaban J connectivity index is 1.60. The highest BCUT2D eigenvalue weighted by atomic mass is 15.3. The predicted octanol–water partition coefficient (Wildman–Crippen LogP) is 2.39. The topological polar surface area (TPSA) is 24.3 Å². The number of aromatic nitrogens is 2. The Labute approximate surface area is 133 Å². The van der Waals surface area contributed by atoms with Crippen molar-refractivity contribution in [2.24, 2.45) is 0 Å². The van der Waals surface area contributed by atoms with Crippen LogP contribution in [-0.4, -0.2) is 46.3 Å². The first kappa shape index (κ1) is 15.3. The van der Waals surface area contributed by atoms with Crippen molar-refractivity contribution in [2.45, 2.75) is 39.0 Å². The van der Waals surface area contributed by atoms with Gasteiger partial charge in [0.1, 0.15) is 0 Å². The predicted molar refractivity (Wildman–Crippen MR) is 89.6 cm³/mol. The first-order valence-electron chi connectivity index (χ1n) is 8.13. The summed E-state index contributed by atoms with van der Waals surface area (Å²) < 4.78 is 1.99. The number of likely N-dealkylation sites (N-methyl/N-ethyl adjacent to an activating group) is 2. The van der Waals surface area contributed by atoms with Crippen LogP contribution in [0, 0.1) is 0 Å². The van der Waals surface area contributed by atoms with Crippen molar-refractivity contribution in [1.29, 1.82) is 0 Å². The third-order valence-corrected chi connectivity index (χ3v) is 4.59. The molecule has 1 aliphatic heterocycles. The van der Waals surface area contributed by atoms with Gasteiger partial charge in [-0.3, -0.25) is 14.5 Å². The fraction of sp³-hybridized carbons (Fsp3) is 0.500. The second-order valence-electron chi connectivity index (χ2n) is 6.40. The van der Waals surface area contributed by atoms with E-state index in [9.17, 15) is 0 Å². The van der Waals surface area contributed by atoms with Gasteiger partial charge in [0.15, 0.2) is 0 Å². The van der Waals surface area contributed by atoms with E-state index in [1.807, 2.05) is 4.68 Å². The van der Waals surface area contributed by atoms with E-state index in [2.05, 4.69) is 72.4 Å². The Kier molecular flexibility index (Phi) is 4.60. The highest BCUT2D eigenvalue weighted by Crippen LogP contribution is 2.22. The Morgan fingerprint density at radius 1 is 1.23 bits per heavy atom. The molecular weight excluding hydrogens is 272 g/mol. The molecule has 0 aliphatic carbocycles. The van der Waals surface area contributed by atoms with E-state index in [0.717, 1.165) is 38.3 Å². The molecule has 4 nitrogen and oxygen atoms in total. The minimum absolute atomic E-state index is 0.577. The number of benzene rings is 1. The molecule has 0 spiro atoms. The summed E-state index contributed by atoms with van der Waals surface area (Å²) in [5, 5.41) is 4.58. The molecule has 22 heavy (non-hydrogen) atoms. The van der Waals surface area contributed by atoms with Gasteiger partial charge in [-0.05, 0) is 44.6 Å². The summed E-state index contributed by atoms with van der Waals surface area (Å²) in [6, 6.07) is 11.5. The van der Waals surface area contributed by atoms with E-state index in [1.165, 1.54) is 11.1 Å². The Morgan fingerprint density at radius 2 is 2.00 bits per heavy atom. The number of fused-ring (bicyclic) bond motifs is 1. The molecule has 1 aliphatic rings. The molecule has 0 unspecified atom stereocenters. The van der Waals surface area contributed by atoms with Crippen molar-refractivity contribution >= 4 is 0 Å². The normalized spacial score (nSPS) is 18.6. The van der Waals surface area contributed by atoms with Crippen molar-refractivity contribution < 1.29 is 0 Å². The first-order valence-corrected chi connectivity index (χ1v) is 8.13. The van der Waals surface area contributed by atoms with Crippen molar-refractivity contribution in [1.82, 2.24) is 19.6 Å². The van der Waals surface area contributed by atoms with Gasteiger partial charge >= 0.3 is 0 Å². The van der Waals surface area contributed by atoms with Crippen molar-refractivity contribution in [3.63, 3.8) is 0 Å². The monoisotopic (exact) mass is 298 g/mol. The van der Waals surface area contributed by atoms with Gasteiger partial charge in [-0.1, -0.05) is 24.3 Å². The van der Waals surface area contributed by atoms with Crippen LogP contribution in [-0.2, 0) is 26.1 Å². The molecule has 0 N–H and O–H groups in total. The van der Waals surface area contributed by atoms with E-state index in [1.54, 1.807) is 0 Å². The maximum Gasteiger partial charge on any atom is 0.0764 e. The van der Waals surface area contributed by atoms with Gasteiger partial charge in [0.25, 0.3) is 0 Å². The van der Waals surface area contributed by atoms with Gasteiger partial charge in [0, 0.05) is 38.4 Å². The number of aryl methyl sites for hydroxylation is 1. The quantitative estimate of drug-likeness (QED) is 0.847. The average molecular weight is 298 g/mol. The van der Waals surface area contributed by atoms with Gasteiger partial charge in [-0.25, -0.2) is 0 Å². The highest BCUT2D eigenvalue weighted by Gasteiger charge is 2.24. The number of nitrogens with zero attached hydrogens (tertiary/aromatic N) is 4.